The number of hydrogen-bond donors (Lipinski definition) is 4. The SMILES string of the molecule is N/C=C(N)\C=N\OC(=O)C(N)CCN(CCCCc1ccc2c(n1)NCCC2)CC(F)F. The molecule has 0 amide bonds. The number of nitrogens with zero attached hydrogens (tertiary/aromatic N) is 3. The number of halogens is 2. The van der Waals surface area contributed by atoms with Gasteiger partial charge in [-0.3, -0.25) is 4.90 Å². The van der Waals surface area contributed by atoms with Crippen LogP contribution in [0.3, 0.4) is 0 Å². The van der Waals surface area contributed by atoms with E-state index >= 15 is 0 Å². The zero-order valence-corrected chi connectivity index (χ0v) is 18.2. The summed E-state index contributed by atoms with van der Waals surface area (Å²) < 4.78 is 25.9. The summed E-state index contributed by atoms with van der Waals surface area (Å²) in [5.74, 6) is 0.190. The molecule has 0 aromatic carbocycles. The minimum Gasteiger partial charge on any atom is -0.403 e. The van der Waals surface area contributed by atoms with E-state index in [4.69, 9.17) is 17.2 Å². The van der Waals surface area contributed by atoms with Crippen molar-refractivity contribution in [2.75, 3.05) is 31.5 Å². The molecule has 0 saturated heterocycles. The standard InChI is InChI=1S/C21H33F2N7O2/c22-19(23)14-30(11-8-18(26)21(31)32-28-13-16(25)12-24)10-2-1-5-17-7-6-15-4-3-9-27-20(15)29-17/h6-7,12-13,18-19H,1-5,8-11,14,24-26H2,(H,27,29)/b16-12+,28-13+. The van der Waals surface area contributed by atoms with Gasteiger partial charge in [-0.15, -0.1) is 0 Å². The normalized spacial score (nSPS) is 15.1. The smallest absolute Gasteiger partial charge is 0.351 e. The van der Waals surface area contributed by atoms with Crippen LogP contribution in [-0.4, -0.2) is 60.7 Å². The van der Waals surface area contributed by atoms with Gasteiger partial charge in [0, 0.05) is 25.0 Å². The van der Waals surface area contributed by atoms with Gasteiger partial charge >= 0.3 is 5.97 Å². The Kier molecular flexibility index (Phi) is 10.8. The summed E-state index contributed by atoms with van der Waals surface area (Å²) in [6.45, 7) is 1.28. The van der Waals surface area contributed by atoms with Gasteiger partial charge < -0.3 is 27.4 Å². The summed E-state index contributed by atoms with van der Waals surface area (Å²) in [7, 11) is 0. The maximum atomic E-state index is 13.0. The Morgan fingerprint density at radius 3 is 2.91 bits per heavy atom. The number of nitrogens with two attached hydrogens (primary N) is 3. The number of fused-ring (bicyclic) bond motifs is 1. The van der Waals surface area contributed by atoms with Crippen LogP contribution in [0, 0.1) is 0 Å². The molecular formula is C21H33F2N7O2. The van der Waals surface area contributed by atoms with Crippen molar-refractivity contribution in [3.63, 3.8) is 0 Å². The maximum Gasteiger partial charge on any atom is 0.351 e. The number of allylic oxidation sites excluding steroid dienone is 1. The van der Waals surface area contributed by atoms with Crippen LogP contribution in [0.2, 0.25) is 0 Å². The van der Waals surface area contributed by atoms with E-state index in [-0.39, 0.29) is 25.2 Å². The van der Waals surface area contributed by atoms with Gasteiger partial charge in [0.15, 0.2) is 0 Å². The van der Waals surface area contributed by atoms with E-state index < -0.39 is 18.4 Å². The minimum atomic E-state index is -2.47. The third-order valence-corrected chi connectivity index (χ3v) is 5.10. The van der Waals surface area contributed by atoms with Crippen LogP contribution in [0.15, 0.2) is 29.2 Å². The molecule has 2 rings (SSSR count). The summed E-state index contributed by atoms with van der Waals surface area (Å²) in [5.41, 5.74) is 18.7. The third kappa shape index (κ3) is 9.15. The second-order valence-corrected chi connectivity index (χ2v) is 7.70. The largest absolute Gasteiger partial charge is 0.403 e. The van der Waals surface area contributed by atoms with E-state index in [1.807, 2.05) is 6.07 Å². The average Bonchev–Trinajstić information content (AvgIpc) is 2.79. The van der Waals surface area contributed by atoms with E-state index in [2.05, 4.69) is 26.4 Å². The second-order valence-electron chi connectivity index (χ2n) is 7.70. The van der Waals surface area contributed by atoms with Gasteiger partial charge in [-0.2, -0.15) is 0 Å². The molecule has 0 radical (unpaired) electrons. The topological polar surface area (TPSA) is 145 Å². The van der Waals surface area contributed by atoms with E-state index in [0.29, 0.717) is 6.54 Å². The minimum absolute atomic E-state index is 0.122. The van der Waals surface area contributed by atoms with Gasteiger partial charge in [0.25, 0.3) is 6.43 Å². The van der Waals surface area contributed by atoms with E-state index in [1.165, 1.54) is 5.56 Å². The van der Waals surface area contributed by atoms with Crippen LogP contribution in [0.4, 0.5) is 14.6 Å². The van der Waals surface area contributed by atoms with Crippen molar-refractivity contribution in [1.29, 1.82) is 0 Å². The molecule has 0 saturated carbocycles. The number of rotatable bonds is 13. The monoisotopic (exact) mass is 453 g/mol. The summed E-state index contributed by atoms with van der Waals surface area (Å²) in [4.78, 5) is 22.7. The lowest BCUT2D eigenvalue weighted by Gasteiger charge is -2.23. The fraction of sp³-hybridized carbons (Fsp3) is 0.571. The van der Waals surface area contributed by atoms with Gasteiger partial charge in [0.05, 0.1) is 18.5 Å². The van der Waals surface area contributed by atoms with Crippen molar-refractivity contribution in [2.24, 2.45) is 22.4 Å². The van der Waals surface area contributed by atoms with E-state index in [0.717, 1.165) is 62.6 Å². The molecule has 0 fully saturated rings. The number of unbranched alkanes of at least 4 members (excludes halogenated alkanes) is 1. The number of pyridine rings is 1. The molecule has 1 aromatic rings. The predicted molar refractivity (Wildman–Crippen MR) is 120 cm³/mol. The Labute approximate surface area is 187 Å². The molecule has 7 N–H and O–H groups in total. The van der Waals surface area contributed by atoms with Crippen LogP contribution in [0.25, 0.3) is 0 Å². The molecule has 178 valence electrons. The van der Waals surface area contributed by atoms with Gasteiger partial charge in [-0.25, -0.2) is 18.6 Å². The Balaban J connectivity index is 1.74. The summed E-state index contributed by atoms with van der Waals surface area (Å²) in [6.07, 6.45) is 4.35. The van der Waals surface area contributed by atoms with Crippen LogP contribution >= 0.6 is 0 Å². The van der Waals surface area contributed by atoms with E-state index in [9.17, 15) is 13.6 Å². The molecule has 9 nitrogen and oxygen atoms in total. The molecule has 1 unspecified atom stereocenters. The first kappa shape index (κ1) is 25.5. The van der Waals surface area contributed by atoms with Crippen molar-refractivity contribution in [1.82, 2.24) is 9.88 Å². The van der Waals surface area contributed by atoms with Crippen molar-refractivity contribution in [2.45, 2.75) is 51.0 Å². The number of alkyl halides is 2. The molecule has 0 aliphatic carbocycles. The number of carbonyl (C=O) groups is 1. The van der Waals surface area contributed by atoms with Crippen molar-refractivity contribution >= 4 is 18.0 Å². The first-order chi connectivity index (χ1) is 15.4. The van der Waals surface area contributed by atoms with Crippen LogP contribution in [0.5, 0.6) is 0 Å². The highest BCUT2D eigenvalue weighted by molar-refractivity contribution is 5.79. The highest BCUT2D eigenvalue weighted by Gasteiger charge is 2.19. The van der Waals surface area contributed by atoms with Crippen molar-refractivity contribution < 1.29 is 18.4 Å². The van der Waals surface area contributed by atoms with Gasteiger partial charge in [-0.05, 0) is 56.7 Å². The Morgan fingerprint density at radius 2 is 2.16 bits per heavy atom. The maximum absolute atomic E-state index is 13.0. The molecule has 32 heavy (non-hydrogen) atoms. The molecule has 1 aliphatic rings. The first-order valence-corrected chi connectivity index (χ1v) is 10.8. The Morgan fingerprint density at radius 1 is 1.34 bits per heavy atom. The molecular weight excluding hydrogens is 420 g/mol. The van der Waals surface area contributed by atoms with Crippen LogP contribution in [-0.2, 0) is 22.5 Å². The zero-order chi connectivity index (χ0) is 23.3. The lowest BCUT2D eigenvalue weighted by atomic mass is 10.1. The number of carbonyl (C=O) groups excluding carboxylic acids is 1. The number of hydrogen-bond acceptors (Lipinski definition) is 9. The number of nitrogens with one attached hydrogen (secondary N) is 1. The Bertz CT molecular complexity index is 789. The number of aromatic nitrogens is 1. The fourth-order valence-electron chi connectivity index (χ4n) is 3.33. The zero-order valence-electron chi connectivity index (χ0n) is 18.2. The Hall–Kier alpha value is -2.79. The van der Waals surface area contributed by atoms with Crippen LogP contribution < -0.4 is 22.5 Å². The van der Waals surface area contributed by atoms with Gasteiger partial charge in [0.1, 0.15) is 11.9 Å². The van der Waals surface area contributed by atoms with Gasteiger partial charge in [-0.1, -0.05) is 11.2 Å². The summed E-state index contributed by atoms with van der Waals surface area (Å²) in [5, 5.41) is 6.70. The predicted octanol–water partition coefficient (Wildman–Crippen LogP) is 1.33. The lowest BCUT2D eigenvalue weighted by Crippen LogP contribution is -2.38. The number of anilines is 1. The lowest BCUT2D eigenvalue weighted by molar-refractivity contribution is -0.145. The molecule has 0 spiro atoms. The number of oxime groups is 1. The molecule has 1 aromatic heterocycles. The average molecular weight is 454 g/mol. The second kappa shape index (κ2) is 13.6. The number of aryl methyl sites for hydroxylation is 2. The highest BCUT2D eigenvalue weighted by Crippen LogP contribution is 2.20. The summed E-state index contributed by atoms with van der Waals surface area (Å²) in [6, 6.07) is 3.16. The first-order valence-electron chi connectivity index (χ1n) is 10.8. The molecule has 11 heteroatoms. The molecule has 2 heterocycles. The van der Waals surface area contributed by atoms with Crippen LogP contribution in [0.1, 0.15) is 36.9 Å². The van der Waals surface area contributed by atoms with Crippen molar-refractivity contribution in [3.05, 3.63) is 35.3 Å². The van der Waals surface area contributed by atoms with Gasteiger partial charge in [0.2, 0.25) is 0 Å². The molecule has 0 bridgehead atoms. The fourth-order valence-corrected chi connectivity index (χ4v) is 3.33. The summed E-state index contributed by atoms with van der Waals surface area (Å²) >= 11 is 0. The van der Waals surface area contributed by atoms with Crippen molar-refractivity contribution in [3.8, 4) is 0 Å². The quantitative estimate of drug-likeness (QED) is 0.152. The van der Waals surface area contributed by atoms with E-state index in [1.54, 1.807) is 4.90 Å². The third-order valence-electron chi connectivity index (χ3n) is 5.10. The highest BCUT2D eigenvalue weighted by atomic mass is 19.3. The molecule has 1 atom stereocenters. The molecule has 1 aliphatic heterocycles.